The van der Waals surface area contributed by atoms with Gasteiger partial charge in [0, 0.05) is 33.3 Å². The van der Waals surface area contributed by atoms with Gasteiger partial charge in [-0.2, -0.15) is 4.99 Å². The molecule has 0 saturated carbocycles. The molecule has 0 spiro atoms. The van der Waals surface area contributed by atoms with E-state index in [2.05, 4.69) is 36.4 Å². The largest absolute Gasteiger partial charge is 0.456 e. The Morgan fingerprint density at radius 3 is 2.00 bits per heavy atom. The lowest BCUT2D eigenvalue weighted by molar-refractivity contribution is 0.669. The summed E-state index contributed by atoms with van der Waals surface area (Å²) in [5.41, 5.74) is 7.38. The molecule has 0 aliphatic heterocycles. The molecule has 8 rings (SSSR count). The Morgan fingerprint density at radius 1 is 0.614 bits per heavy atom. The summed E-state index contributed by atoms with van der Waals surface area (Å²) in [7, 11) is 0. The number of fused-ring (bicyclic) bond motifs is 6. The van der Waals surface area contributed by atoms with E-state index in [0.29, 0.717) is 5.84 Å². The number of para-hydroxylation sites is 2. The van der Waals surface area contributed by atoms with Gasteiger partial charge in [-0.1, -0.05) is 115 Å². The average molecular weight is 567 g/mol. The molecule has 0 fully saturated rings. The van der Waals surface area contributed by atoms with Crippen molar-refractivity contribution in [2.75, 3.05) is 0 Å². The number of nitrogens with zero attached hydrogens (tertiary/aromatic N) is 3. The summed E-state index contributed by atoms with van der Waals surface area (Å²) in [6, 6.07) is 48.7. The molecule has 0 aliphatic rings. The number of benzene rings is 6. The molecule has 44 heavy (non-hydrogen) atoms. The summed E-state index contributed by atoms with van der Waals surface area (Å²) in [6.07, 6.45) is 1.79. The molecular formula is C39H26N4O. The molecule has 8 aromatic rings. The van der Waals surface area contributed by atoms with Crippen molar-refractivity contribution in [1.82, 2.24) is 4.57 Å². The minimum absolute atomic E-state index is 0.0821. The summed E-state index contributed by atoms with van der Waals surface area (Å²) in [5.74, 6) is 0.505. The summed E-state index contributed by atoms with van der Waals surface area (Å²) in [6.45, 7) is 0. The normalized spacial score (nSPS) is 12.2. The van der Waals surface area contributed by atoms with Crippen molar-refractivity contribution in [1.29, 1.82) is 5.41 Å². The van der Waals surface area contributed by atoms with Crippen molar-refractivity contribution in [2.45, 2.75) is 0 Å². The van der Waals surface area contributed by atoms with Gasteiger partial charge in [-0.05, 0) is 47.0 Å². The summed E-state index contributed by atoms with van der Waals surface area (Å²) in [5, 5.41) is 13.5. The molecule has 208 valence electrons. The number of aromatic nitrogens is 1. The highest BCUT2D eigenvalue weighted by Crippen LogP contribution is 2.37. The van der Waals surface area contributed by atoms with Crippen molar-refractivity contribution in [2.24, 2.45) is 9.98 Å². The van der Waals surface area contributed by atoms with E-state index >= 15 is 0 Å². The molecule has 0 bridgehead atoms. The van der Waals surface area contributed by atoms with Crippen LogP contribution in [0.3, 0.4) is 0 Å². The Balaban J connectivity index is 1.30. The highest BCUT2D eigenvalue weighted by molar-refractivity contribution is 6.18. The number of rotatable bonds is 3. The maximum absolute atomic E-state index is 9.23. The van der Waals surface area contributed by atoms with Crippen molar-refractivity contribution in [3.63, 3.8) is 0 Å². The fraction of sp³-hybridized carbons (Fsp3) is 0. The van der Waals surface area contributed by atoms with Crippen LogP contribution in [0.15, 0.2) is 160 Å². The van der Waals surface area contributed by atoms with E-state index in [1.807, 2.05) is 114 Å². The summed E-state index contributed by atoms with van der Waals surface area (Å²) in [4.78, 5) is 9.68. The van der Waals surface area contributed by atoms with Crippen LogP contribution >= 0.6 is 0 Å². The van der Waals surface area contributed by atoms with Gasteiger partial charge in [0.2, 0.25) is 5.96 Å². The van der Waals surface area contributed by atoms with Crippen molar-refractivity contribution < 1.29 is 4.42 Å². The van der Waals surface area contributed by atoms with Crippen LogP contribution in [0.1, 0.15) is 11.1 Å². The lowest BCUT2D eigenvalue weighted by Gasteiger charge is -2.07. The van der Waals surface area contributed by atoms with E-state index in [1.54, 1.807) is 6.21 Å². The third-order valence-electron chi connectivity index (χ3n) is 7.98. The van der Waals surface area contributed by atoms with Crippen molar-refractivity contribution in [3.8, 4) is 11.1 Å². The van der Waals surface area contributed by atoms with Crippen LogP contribution < -0.4 is 0 Å². The van der Waals surface area contributed by atoms with Gasteiger partial charge in [-0.3, -0.25) is 9.98 Å². The highest BCUT2D eigenvalue weighted by Gasteiger charge is 2.17. The van der Waals surface area contributed by atoms with Crippen LogP contribution in [0.5, 0.6) is 0 Å². The topological polar surface area (TPSA) is 66.6 Å². The first-order valence-electron chi connectivity index (χ1n) is 14.5. The molecule has 2 heterocycles. The fourth-order valence-corrected chi connectivity index (χ4v) is 5.97. The molecule has 5 heteroatoms. The van der Waals surface area contributed by atoms with Crippen molar-refractivity contribution in [3.05, 3.63) is 157 Å². The third-order valence-corrected chi connectivity index (χ3v) is 7.98. The first-order chi connectivity index (χ1) is 21.7. The Hall–Kier alpha value is -6.07. The first kappa shape index (κ1) is 25.6. The van der Waals surface area contributed by atoms with Crippen LogP contribution in [-0.2, 0) is 0 Å². The Morgan fingerprint density at radius 2 is 1.27 bits per heavy atom. The Labute approximate surface area is 253 Å². The van der Waals surface area contributed by atoms with Crippen LogP contribution in [-0.4, -0.2) is 22.6 Å². The summed E-state index contributed by atoms with van der Waals surface area (Å²) < 4.78 is 8.28. The molecule has 0 aliphatic carbocycles. The van der Waals surface area contributed by atoms with Crippen molar-refractivity contribution >= 4 is 61.8 Å². The minimum Gasteiger partial charge on any atom is -0.456 e. The standard InChI is InChI=1S/C39H26N4O/c40-39(43-33-19-9-7-16-30(33)31-17-8-10-20-34(31)43)42-38(41-25-26-12-3-1-4-13-26)28-22-23-32-36(24-28)44-35-21-11-18-29(37(32)35)27-14-5-2-6-15-27/h1-25,40H/b40-39?,41-25?,42-38-. The van der Waals surface area contributed by atoms with Gasteiger partial charge < -0.3 is 4.42 Å². The molecule has 0 atom stereocenters. The SMILES string of the molecule is N=C(/N=C(\N=Cc1ccccc1)c1ccc2c(c1)oc1cccc(-c3ccccc3)c12)n1c2ccccc2c2ccccc21. The molecule has 5 nitrogen and oxygen atoms in total. The number of hydrogen-bond acceptors (Lipinski definition) is 2. The Kier molecular flexibility index (Phi) is 6.20. The highest BCUT2D eigenvalue weighted by atomic mass is 16.3. The van der Waals surface area contributed by atoms with Crippen LogP contribution in [0.2, 0.25) is 0 Å². The fourth-order valence-electron chi connectivity index (χ4n) is 5.97. The third kappa shape index (κ3) is 4.39. The van der Waals surface area contributed by atoms with Gasteiger partial charge in [0.05, 0.1) is 11.0 Å². The number of furan rings is 1. The maximum atomic E-state index is 9.23. The molecule has 0 unspecified atom stereocenters. The monoisotopic (exact) mass is 566 g/mol. The van der Waals surface area contributed by atoms with Gasteiger partial charge >= 0.3 is 0 Å². The van der Waals surface area contributed by atoms with Crippen LogP contribution in [0, 0.1) is 5.41 Å². The van der Waals surface area contributed by atoms with Gasteiger partial charge in [0.25, 0.3) is 0 Å². The molecule has 1 N–H and O–H groups in total. The van der Waals surface area contributed by atoms with Crippen LogP contribution in [0.25, 0.3) is 54.9 Å². The number of nitrogens with one attached hydrogen (secondary N) is 1. The smallest absolute Gasteiger partial charge is 0.229 e. The molecule has 6 aromatic carbocycles. The lowest BCUT2D eigenvalue weighted by Crippen LogP contribution is -2.11. The number of hydrogen-bond donors (Lipinski definition) is 1. The second kappa shape index (κ2) is 10.6. The van der Waals surface area contributed by atoms with E-state index < -0.39 is 0 Å². The molecule has 0 saturated heterocycles. The van der Waals surface area contributed by atoms with E-state index in [9.17, 15) is 5.41 Å². The van der Waals surface area contributed by atoms with Gasteiger partial charge in [-0.15, -0.1) is 0 Å². The molecular weight excluding hydrogens is 540 g/mol. The van der Waals surface area contributed by atoms with Gasteiger partial charge in [0.15, 0.2) is 5.84 Å². The van der Waals surface area contributed by atoms with Gasteiger partial charge in [-0.25, -0.2) is 4.99 Å². The molecule has 2 aromatic heterocycles. The lowest BCUT2D eigenvalue weighted by atomic mass is 9.99. The quantitative estimate of drug-likeness (QED) is 0.168. The zero-order valence-electron chi connectivity index (χ0n) is 23.7. The van der Waals surface area contributed by atoms with E-state index in [-0.39, 0.29) is 5.96 Å². The minimum atomic E-state index is 0.0821. The predicted octanol–water partition coefficient (Wildman–Crippen LogP) is 9.71. The number of aliphatic imine (C=N–C) groups is 2. The maximum Gasteiger partial charge on any atom is 0.229 e. The van der Waals surface area contributed by atoms with E-state index in [0.717, 1.165) is 66.0 Å². The molecule has 0 amide bonds. The average Bonchev–Trinajstić information content (AvgIpc) is 3.63. The zero-order valence-corrected chi connectivity index (χ0v) is 23.7. The first-order valence-corrected chi connectivity index (χ1v) is 14.5. The van der Waals surface area contributed by atoms with Crippen LogP contribution in [0.4, 0.5) is 0 Å². The second-order valence-corrected chi connectivity index (χ2v) is 10.7. The summed E-state index contributed by atoms with van der Waals surface area (Å²) >= 11 is 0. The predicted molar refractivity (Wildman–Crippen MR) is 182 cm³/mol. The zero-order chi connectivity index (χ0) is 29.5. The Bertz CT molecular complexity index is 2340. The second-order valence-electron chi connectivity index (χ2n) is 10.7. The van der Waals surface area contributed by atoms with E-state index in [1.165, 1.54) is 0 Å². The molecule has 0 radical (unpaired) electrons. The van der Waals surface area contributed by atoms with Gasteiger partial charge in [0.1, 0.15) is 11.2 Å². The number of amidine groups is 1. The van der Waals surface area contributed by atoms with E-state index in [4.69, 9.17) is 14.4 Å².